The van der Waals surface area contributed by atoms with Crippen molar-refractivity contribution in [2.24, 2.45) is 0 Å². The molecule has 0 saturated carbocycles. The molecule has 92 valence electrons. The number of hydrogen-bond donors (Lipinski definition) is 0. The monoisotopic (exact) mass is 239 g/mol. The van der Waals surface area contributed by atoms with Crippen molar-refractivity contribution in [2.45, 2.75) is 26.4 Å². The van der Waals surface area contributed by atoms with Crippen molar-refractivity contribution in [3.05, 3.63) is 17.8 Å². The summed E-state index contributed by atoms with van der Waals surface area (Å²) >= 11 is 0. The van der Waals surface area contributed by atoms with Crippen molar-refractivity contribution in [3.8, 4) is 5.88 Å². The Kier molecular flexibility index (Phi) is 3.21. The Labute approximate surface area is 98.6 Å². The highest BCUT2D eigenvalue weighted by Gasteiger charge is 2.26. The molecular weight excluding hydrogens is 225 g/mol. The third-order valence-electron chi connectivity index (χ3n) is 2.70. The summed E-state index contributed by atoms with van der Waals surface area (Å²) in [6.45, 7) is 4.31. The maximum atomic E-state index is 13.3. The fourth-order valence-electron chi connectivity index (χ4n) is 1.79. The summed E-state index contributed by atoms with van der Waals surface area (Å²) in [5, 5.41) is 0. The number of nitrogens with zero attached hydrogens (tertiary/aromatic N) is 3. The molecule has 1 unspecified atom stereocenters. The zero-order valence-electron chi connectivity index (χ0n) is 9.81. The molecule has 0 aromatic carbocycles. The number of halogens is 1. The van der Waals surface area contributed by atoms with E-state index in [1.807, 2.05) is 0 Å². The van der Waals surface area contributed by atoms with Crippen LogP contribution in [-0.4, -0.2) is 40.0 Å². The average molecular weight is 239 g/mol. The number of aromatic nitrogens is 2. The Bertz CT molecular complexity index is 439. The molecule has 0 radical (unpaired) electrons. The summed E-state index contributed by atoms with van der Waals surface area (Å²) in [6, 6.07) is 0. The van der Waals surface area contributed by atoms with Gasteiger partial charge in [0.15, 0.2) is 0 Å². The Morgan fingerprint density at radius 1 is 1.65 bits per heavy atom. The average Bonchev–Trinajstić information content (AvgIpc) is 2.72. The van der Waals surface area contributed by atoms with Crippen LogP contribution in [0.25, 0.3) is 0 Å². The van der Waals surface area contributed by atoms with E-state index in [9.17, 15) is 9.18 Å². The van der Waals surface area contributed by atoms with Gasteiger partial charge in [0.05, 0.1) is 12.7 Å². The van der Waals surface area contributed by atoms with Crippen LogP contribution in [0.2, 0.25) is 0 Å². The van der Waals surface area contributed by atoms with Gasteiger partial charge < -0.3 is 9.64 Å². The minimum absolute atomic E-state index is 0.00967. The van der Waals surface area contributed by atoms with Crippen LogP contribution in [0.15, 0.2) is 6.20 Å². The number of ether oxygens (including phenoxy) is 1. The second-order valence-electron chi connectivity index (χ2n) is 4.06. The van der Waals surface area contributed by atoms with Gasteiger partial charge in [-0.1, -0.05) is 0 Å². The number of aryl methyl sites for hydroxylation is 1. The van der Waals surface area contributed by atoms with Crippen LogP contribution in [0.1, 0.15) is 19.2 Å². The van der Waals surface area contributed by atoms with E-state index in [4.69, 9.17) is 4.74 Å². The first-order valence-corrected chi connectivity index (χ1v) is 5.47. The molecule has 2 heterocycles. The SMILES string of the molecule is CC(=O)N1CCC(Oc2nc(C)ncc2F)C1. The number of carbonyl (C=O) groups is 1. The van der Waals surface area contributed by atoms with Crippen molar-refractivity contribution < 1.29 is 13.9 Å². The predicted octanol–water partition coefficient (Wildman–Crippen LogP) is 0.924. The van der Waals surface area contributed by atoms with Gasteiger partial charge in [-0.05, 0) is 6.92 Å². The Morgan fingerprint density at radius 3 is 3.06 bits per heavy atom. The second-order valence-corrected chi connectivity index (χ2v) is 4.06. The van der Waals surface area contributed by atoms with Crippen LogP contribution >= 0.6 is 0 Å². The zero-order valence-corrected chi connectivity index (χ0v) is 9.81. The van der Waals surface area contributed by atoms with E-state index >= 15 is 0 Å². The standard InChI is InChI=1S/C11H14FN3O2/c1-7-13-5-10(12)11(14-7)17-9-3-4-15(6-9)8(2)16/h5,9H,3-4,6H2,1-2H3. The zero-order chi connectivity index (χ0) is 12.4. The van der Waals surface area contributed by atoms with Crippen molar-refractivity contribution in [2.75, 3.05) is 13.1 Å². The lowest BCUT2D eigenvalue weighted by Crippen LogP contribution is -2.29. The fraction of sp³-hybridized carbons (Fsp3) is 0.545. The summed E-state index contributed by atoms with van der Waals surface area (Å²) < 4.78 is 18.8. The van der Waals surface area contributed by atoms with Gasteiger partial charge in [-0.25, -0.2) is 4.98 Å². The predicted molar refractivity (Wildman–Crippen MR) is 58.0 cm³/mol. The summed E-state index contributed by atoms with van der Waals surface area (Å²) in [5.74, 6) is -0.136. The maximum absolute atomic E-state index is 13.3. The van der Waals surface area contributed by atoms with Gasteiger partial charge in [-0.3, -0.25) is 4.79 Å². The summed E-state index contributed by atoms with van der Waals surface area (Å²) in [5.41, 5.74) is 0. The first kappa shape index (κ1) is 11.8. The first-order valence-electron chi connectivity index (χ1n) is 5.47. The lowest BCUT2D eigenvalue weighted by molar-refractivity contribution is -0.128. The number of amides is 1. The minimum Gasteiger partial charge on any atom is -0.470 e. The van der Waals surface area contributed by atoms with E-state index in [2.05, 4.69) is 9.97 Å². The Hall–Kier alpha value is -1.72. The van der Waals surface area contributed by atoms with Crippen molar-refractivity contribution in [3.63, 3.8) is 0 Å². The Balaban J connectivity index is 2.02. The normalized spacial score (nSPS) is 19.5. The third kappa shape index (κ3) is 2.69. The summed E-state index contributed by atoms with van der Waals surface area (Å²) in [6.07, 6.45) is 1.60. The van der Waals surface area contributed by atoms with E-state index < -0.39 is 5.82 Å². The van der Waals surface area contributed by atoms with Gasteiger partial charge in [0, 0.05) is 19.9 Å². The van der Waals surface area contributed by atoms with E-state index in [0.29, 0.717) is 25.3 Å². The van der Waals surface area contributed by atoms with Gasteiger partial charge >= 0.3 is 0 Å². The molecule has 1 fully saturated rings. The van der Waals surface area contributed by atoms with E-state index in [1.165, 1.54) is 6.92 Å². The molecular formula is C11H14FN3O2. The molecule has 2 rings (SSSR count). The second kappa shape index (κ2) is 4.65. The van der Waals surface area contributed by atoms with Gasteiger partial charge in [0.1, 0.15) is 11.9 Å². The first-order chi connectivity index (χ1) is 8.06. The fourth-order valence-corrected chi connectivity index (χ4v) is 1.79. The van der Waals surface area contributed by atoms with Crippen molar-refractivity contribution in [1.29, 1.82) is 0 Å². The molecule has 17 heavy (non-hydrogen) atoms. The Morgan fingerprint density at radius 2 is 2.41 bits per heavy atom. The number of hydrogen-bond acceptors (Lipinski definition) is 4. The molecule has 5 nitrogen and oxygen atoms in total. The van der Waals surface area contributed by atoms with Gasteiger partial charge in [0.2, 0.25) is 11.7 Å². The van der Waals surface area contributed by atoms with E-state index in [-0.39, 0.29) is 17.9 Å². The van der Waals surface area contributed by atoms with Crippen LogP contribution in [0.4, 0.5) is 4.39 Å². The van der Waals surface area contributed by atoms with Gasteiger partial charge in [-0.2, -0.15) is 9.37 Å². The van der Waals surface area contributed by atoms with Crippen LogP contribution in [-0.2, 0) is 4.79 Å². The number of carbonyl (C=O) groups excluding carboxylic acids is 1. The minimum atomic E-state index is -0.572. The van der Waals surface area contributed by atoms with Gasteiger partial charge in [-0.15, -0.1) is 0 Å². The molecule has 1 aromatic heterocycles. The maximum Gasteiger partial charge on any atom is 0.254 e. The van der Waals surface area contributed by atoms with E-state index in [1.54, 1.807) is 11.8 Å². The molecule has 0 aliphatic carbocycles. The topological polar surface area (TPSA) is 55.3 Å². The quantitative estimate of drug-likeness (QED) is 0.770. The molecule has 1 amide bonds. The molecule has 1 aromatic rings. The van der Waals surface area contributed by atoms with Crippen molar-refractivity contribution in [1.82, 2.24) is 14.9 Å². The molecule has 1 aliphatic rings. The molecule has 0 N–H and O–H groups in total. The molecule has 0 spiro atoms. The van der Waals surface area contributed by atoms with Crippen LogP contribution in [0.3, 0.4) is 0 Å². The molecule has 0 bridgehead atoms. The van der Waals surface area contributed by atoms with Crippen LogP contribution < -0.4 is 4.74 Å². The smallest absolute Gasteiger partial charge is 0.254 e. The van der Waals surface area contributed by atoms with Crippen LogP contribution in [0.5, 0.6) is 5.88 Å². The largest absolute Gasteiger partial charge is 0.470 e. The number of likely N-dealkylation sites (tertiary alicyclic amines) is 1. The van der Waals surface area contributed by atoms with Gasteiger partial charge in [0.25, 0.3) is 5.88 Å². The molecule has 1 saturated heterocycles. The lowest BCUT2D eigenvalue weighted by atomic mass is 10.3. The highest BCUT2D eigenvalue weighted by molar-refractivity contribution is 5.73. The van der Waals surface area contributed by atoms with Crippen molar-refractivity contribution >= 4 is 5.91 Å². The summed E-state index contributed by atoms with van der Waals surface area (Å²) in [7, 11) is 0. The highest BCUT2D eigenvalue weighted by Crippen LogP contribution is 2.19. The lowest BCUT2D eigenvalue weighted by Gasteiger charge is -2.15. The number of rotatable bonds is 2. The highest BCUT2D eigenvalue weighted by atomic mass is 19.1. The van der Waals surface area contributed by atoms with Crippen LogP contribution in [0, 0.1) is 12.7 Å². The molecule has 6 heteroatoms. The van der Waals surface area contributed by atoms with E-state index in [0.717, 1.165) is 6.20 Å². The third-order valence-corrected chi connectivity index (χ3v) is 2.70. The summed E-state index contributed by atoms with van der Waals surface area (Å²) in [4.78, 5) is 20.4. The molecule has 1 aliphatic heterocycles. The molecule has 1 atom stereocenters.